The molecule has 0 aromatic rings. The third-order valence-electron chi connectivity index (χ3n) is 1.76. The zero-order valence-corrected chi connectivity index (χ0v) is 9.27. The Morgan fingerprint density at radius 1 is 1.71 bits per heavy atom. The number of nitrogens with zero attached hydrogens (tertiary/aromatic N) is 1. The SMILES string of the molecule is CCNS(=O)(=O)N1CSCC1C(=O)O. The van der Waals surface area contributed by atoms with E-state index in [-0.39, 0.29) is 12.4 Å². The largest absolute Gasteiger partial charge is 0.480 e. The lowest BCUT2D eigenvalue weighted by Crippen LogP contribution is -2.47. The lowest BCUT2D eigenvalue weighted by Gasteiger charge is -2.19. The molecule has 1 fully saturated rings. The molecule has 1 saturated heterocycles. The second-order valence-electron chi connectivity index (χ2n) is 2.74. The van der Waals surface area contributed by atoms with Gasteiger partial charge in [-0.25, -0.2) is 4.72 Å². The van der Waals surface area contributed by atoms with Crippen LogP contribution in [-0.2, 0) is 15.0 Å². The summed E-state index contributed by atoms with van der Waals surface area (Å²) in [5, 5.41) is 8.77. The minimum Gasteiger partial charge on any atom is -0.480 e. The molecule has 2 N–H and O–H groups in total. The monoisotopic (exact) mass is 240 g/mol. The first-order valence-electron chi connectivity index (χ1n) is 4.06. The number of rotatable bonds is 4. The van der Waals surface area contributed by atoms with Crippen molar-refractivity contribution < 1.29 is 18.3 Å². The molecule has 0 aliphatic carbocycles. The Hall–Kier alpha value is -0.310. The highest BCUT2D eigenvalue weighted by atomic mass is 32.2. The third-order valence-corrected chi connectivity index (χ3v) is 4.59. The standard InChI is InChI=1S/C6H12N2O4S2/c1-2-7-14(11,12)8-4-13-3-5(8)6(9)10/h5,7H,2-4H2,1H3,(H,9,10). The van der Waals surface area contributed by atoms with Gasteiger partial charge in [-0.2, -0.15) is 12.7 Å². The van der Waals surface area contributed by atoms with Gasteiger partial charge in [-0.05, 0) is 0 Å². The molecule has 8 heteroatoms. The van der Waals surface area contributed by atoms with Crippen molar-refractivity contribution in [2.45, 2.75) is 13.0 Å². The van der Waals surface area contributed by atoms with E-state index in [9.17, 15) is 13.2 Å². The van der Waals surface area contributed by atoms with E-state index in [0.717, 1.165) is 4.31 Å². The van der Waals surface area contributed by atoms with Gasteiger partial charge >= 0.3 is 5.97 Å². The summed E-state index contributed by atoms with van der Waals surface area (Å²) in [4.78, 5) is 10.7. The van der Waals surface area contributed by atoms with E-state index in [1.165, 1.54) is 11.8 Å². The van der Waals surface area contributed by atoms with Crippen molar-refractivity contribution in [2.75, 3.05) is 18.2 Å². The smallest absolute Gasteiger partial charge is 0.322 e. The van der Waals surface area contributed by atoms with E-state index in [1.54, 1.807) is 6.92 Å². The van der Waals surface area contributed by atoms with E-state index in [0.29, 0.717) is 5.75 Å². The summed E-state index contributed by atoms with van der Waals surface area (Å²) in [6, 6.07) is -0.941. The van der Waals surface area contributed by atoms with Crippen LogP contribution >= 0.6 is 11.8 Å². The second kappa shape index (κ2) is 4.47. The molecule has 6 nitrogen and oxygen atoms in total. The Labute approximate surface area is 86.8 Å². The van der Waals surface area contributed by atoms with Gasteiger partial charge in [0, 0.05) is 12.3 Å². The molecule has 0 aromatic carbocycles. The molecule has 1 atom stereocenters. The highest BCUT2D eigenvalue weighted by Crippen LogP contribution is 2.23. The number of thioether (sulfide) groups is 1. The van der Waals surface area contributed by atoms with Crippen LogP contribution in [0.15, 0.2) is 0 Å². The van der Waals surface area contributed by atoms with E-state index in [2.05, 4.69) is 4.72 Å². The number of nitrogens with one attached hydrogen (secondary N) is 1. The average Bonchev–Trinajstić information content (AvgIpc) is 2.51. The Morgan fingerprint density at radius 2 is 2.36 bits per heavy atom. The van der Waals surface area contributed by atoms with Crippen LogP contribution in [0.3, 0.4) is 0 Å². The highest BCUT2D eigenvalue weighted by Gasteiger charge is 2.38. The molecule has 0 radical (unpaired) electrons. The number of aliphatic carboxylic acids is 1. The van der Waals surface area contributed by atoms with Gasteiger partial charge in [0.1, 0.15) is 6.04 Å². The van der Waals surface area contributed by atoms with Crippen LogP contribution in [0.2, 0.25) is 0 Å². The molecule has 0 amide bonds. The number of carboxylic acid groups (broad SMARTS) is 1. The maximum Gasteiger partial charge on any atom is 0.322 e. The molecule has 1 unspecified atom stereocenters. The zero-order chi connectivity index (χ0) is 10.8. The van der Waals surface area contributed by atoms with Gasteiger partial charge in [-0.1, -0.05) is 6.92 Å². The predicted octanol–water partition coefficient (Wildman–Crippen LogP) is -0.700. The van der Waals surface area contributed by atoms with Crippen LogP contribution in [-0.4, -0.2) is 48.0 Å². The van der Waals surface area contributed by atoms with Crippen molar-refractivity contribution in [2.24, 2.45) is 0 Å². The van der Waals surface area contributed by atoms with Gasteiger partial charge < -0.3 is 5.11 Å². The van der Waals surface area contributed by atoms with Gasteiger partial charge in [0.05, 0.1) is 5.88 Å². The van der Waals surface area contributed by atoms with E-state index in [4.69, 9.17) is 5.11 Å². The first kappa shape index (κ1) is 11.8. The van der Waals surface area contributed by atoms with E-state index < -0.39 is 22.2 Å². The van der Waals surface area contributed by atoms with Crippen molar-refractivity contribution in [1.82, 2.24) is 9.03 Å². The maximum absolute atomic E-state index is 11.5. The Morgan fingerprint density at radius 3 is 2.86 bits per heavy atom. The van der Waals surface area contributed by atoms with Crippen LogP contribution in [0, 0.1) is 0 Å². The molecular formula is C6H12N2O4S2. The topological polar surface area (TPSA) is 86.7 Å². The minimum atomic E-state index is -3.62. The van der Waals surface area contributed by atoms with E-state index >= 15 is 0 Å². The van der Waals surface area contributed by atoms with Crippen molar-refractivity contribution in [3.8, 4) is 0 Å². The van der Waals surface area contributed by atoms with Crippen LogP contribution in [0.25, 0.3) is 0 Å². The van der Waals surface area contributed by atoms with Crippen molar-refractivity contribution >= 4 is 27.9 Å². The molecule has 82 valence electrons. The molecule has 0 aromatic heterocycles. The molecule has 1 rings (SSSR count). The molecule has 0 spiro atoms. The summed E-state index contributed by atoms with van der Waals surface area (Å²) in [5.74, 6) is -0.594. The van der Waals surface area contributed by atoms with Crippen molar-refractivity contribution in [3.63, 3.8) is 0 Å². The Bertz CT molecular complexity index is 316. The number of hydrogen-bond donors (Lipinski definition) is 2. The van der Waals surface area contributed by atoms with Crippen molar-refractivity contribution in [1.29, 1.82) is 0 Å². The van der Waals surface area contributed by atoms with Gasteiger partial charge in [0.15, 0.2) is 0 Å². The normalized spacial score (nSPS) is 23.9. The molecule has 0 bridgehead atoms. The first-order valence-corrected chi connectivity index (χ1v) is 6.65. The fourth-order valence-corrected chi connectivity index (χ4v) is 4.04. The maximum atomic E-state index is 11.5. The summed E-state index contributed by atoms with van der Waals surface area (Å²) < 4.78 is 26.2. The van der Waals surface area contributed by atoms with E-state index in [1.807, 2.05) is 0 Å². The molecule has 1 heterocycles. The van der Waals surface area contributed by atoms with Gasteiger partial charge in [0.2, 0.25) is 0 Å². The molecular weight excluding hydrogens is 228 g/mol. The number of carboxylic acids is 1. The summed E-state index contributed by atoms with van der Waals surface area (Å²) in [6.45, 7) is 1.91. The van der Waals surface area contributed by atoms with Crippen molar-refractivity contribution in [3.05, 3.63) is 0 Å². The first-order chi connectivity index (χ1) is 6.49. The highest BCUT2D eigenvalue weighted by molar-refractivity contribution is 8.00. The fourth-order valence-electron chi connectivity index (χ4n) is 1.12. The molecule has 14 heavy (non-hydrogen) atoms. The molecule has 1 aliphatic heterocycles. The van der Waals surface area contributed by atoms with Crippen LogP contribution in [0.1, 0.15) is 6.92 Å². The number of hydrogen-bond acceptors (Lipinski definition) is 4. The Balaban J connectivity index is 2.81. The number of carbonyl (C=O) groups is 1. The molecule has 1 aliphatic rings. The van der Waals surface area contributed by atoms with Crippen LogP contribution in [0.4, 0.5) is 0 Å². The van der Waals surface area contributed by atoms with Gasteiger partial charge in [-0.15, -0.1) is 11.8 Å². The lowest BCUT2D eigenvalue weighted by molar-refractivity contribution is -0.140. The van der Waals surface area contributed by atoms with Crippen LogP contribution in [0.5, 0.6) is 0 Å². The summed E-state index contributed by atoms with van der Waals surface area (Å²) >= 11 is 1.30. The third kappa shape index (κ3) is 2.38. The quantitative estimate of drug-likeness (QED) is 0.678. The van der Waals surface area contributed by atoms with Gasteiger partial charge in [0.25, 0.3) is 10.2 Å². The zero-order valence-electron chi connectivity index (χ0n) is 7.63. The summed E-state index contributed by atoms with van der Waals surface area (Å²) in [5.41, 5.74) is 0. The summed E-state index contributed by atoms with van der Waals surface area (Å²) in [6.07, 6.45) is 0. The lowest BCUT2D eigenvalue weighted by atomic mass is 10.4. The van der Waals surface area contributed by atoms with Crippen LogP contribution < -0.4 is 4.72 Å². The molecule has 0 saturated carbocycles. The average molecular weight is 240 g/mol. The summed E-state index contributed by atoms with van der Waals surface area (Å²) in [7, 11) is -3.62. The Kier molecular flexibility index (Phi) is 3.76. The predicted molar refractivity (Wildman–Crippen MR) is 53.2 cm³/mol. The fraction of sp³-hybridized carbons (Fsp3) is 0.833. The van der Waals surface area contributed by atoms with Gasteiger partial charge in [-0.3, -0.25) is 4.79 Å². The minimum absolute atomic E-state index is 0.201. The second-order valence-corrected chi connectivity index (χ2v) is 5.45.